The standard InChI is InChI=1S/C17H24N4O3S/c1-11(2)9-15-18-17(16-13-5-3-4-6-14(13)24-20-16)21(19-15)12-7-8-25(22,23)10-12/h11-12H,3-10H2,1-2H3/t12-/m0/s1. The Morgan fingerprint density at radius 1 is 1.28 bits per heavy atom. The van der Waals surface area contributed by atoms with Crippen LogP contribution in [0, 0.1) is 5.92 Å². The molecular formula is C17H24N4O3S. The maximum atomic E-state index is 11.9. The first kappa shape index (κ1) is 16.8. The van der Waals surface area contributed by atoms with Crippen molar-refractivity contribution in [1.82, 2.24) is 19.9 Å². The van der Waals surface area contributed by atoms with Crippen molar-refractivity contribution in [2.45, 2.75) is 58.4 Å². The van der Waals surface area contributed by atoms with Crippen LogP contribution in [0.4, 0.5) is 0 Å². The lowest BCUT2D eigenvalue weighted by Gasteiger charge is -2.12. The Morgan fingerprint density at radius 2 is 2.08 bits per heavy atom. The van der Waals surface area contributed by atoms with E-state index in [1.54, 1.807) is 4.68 Å². The summed E-state index contributed by atoms with van der Waals surface area (Å²) in [6, 6.07) is -0.163. The van der Waals surface area contributed by atoms with Crippen molar-refractivity contribution in [2.75, 3.05) is 11.5 Å². The van der Waals surface area contributed by atoms with Crippen molar-refractivity contribution in [3.63, 3.8) is 0 Å². The monoisotopic (exact) mass is 364 g/mol. The molecule has 0 unspecified atom stereocenters. The van der Waals surface area contributed by atoms with Gasteiger partial charge in [0.25, 0.3) is 0 Å². The molecule has 2 aromatic rings. The molecule has 136 valence electrons. The second-order valence-electron chi connectivity index (χ2n) is 7.59. The lowest BCUT2D eigenvalue weighted by molar-refractivity contribution is 0.373. The van der Waals surface area contributed by atoms with Crippen molar-refractivity contribution in [1.29, 1.82) is 0 Å². The van der Waals surface area contributed by atoms with Gasteiger partial charge in [-0.05, 0) is 31.6 Å². The highest BCUT2D eigenvalue weighted by atomic mass is 32.2. The van der Waals surface area contributed by atoms with E-state index < -0.39 is 9.84 Å². The highest BCUT2D eigenvalue weighted by molar-refractivity contribution is 7.91. The Kier molecular flexibility index (Phi) is 4.17. The topological polar surface area (TPSA) is 90.9 Å². The van der Waals surface area contributed by atoms with Crippen molar-refractivity contribution in [2.24, 2.45) is 5.92 Å². The van der Waals surface area contributed by atoms with Crippen LogP contribution >= 0.6 is 0 Å². The number of hydrogen-bond donors (Lipinski definition) is 0. The summed E-state index contributed by atoms with van der Waals surface area (Å²) in [7, 11) is -2.99. The van der Waals surface area contributed by atoms with E-state index in [1.165, 1.54) is 0 Å². The number of aromatic nitrogens is 4. The summed E-state index contributed by atoms with van der Waals surface area (Å²) in [6.07, 6.45) is 5.43. The van der Waals surface area contributed by atoms with Crippen LogP contribution in [0.1, 0.15) is 56.3 Å². The predicted molar refractivity (Wildman–Crippen MR) is 93.0 cm³/mol. The van der Waals surface area contributed by atoms with Crippen LogP contribution in [0.2, 0.25) is 0 Å². The lowest BCUT2D eigenvalue weighted by Crippen LogP contribution is -2.15. The fourth-order valence-corrected chi connectivity index (χ4v) is 5.46. The molecule has 0 saturated carbocycles. The smallest absolute Gasteiger partial charge is 0.181 e. The second-order valence-corrected chi connectivity index (χ2v) is 9.82. The Labute approximate surface area is 147 Å². The summed E-state index contributed by atoms with van der Waals surface area (Å²) in [5.41, 5.74) is 1.87. The average molecular weight is 364 g/mol. The fourth-order valence-electron chi connectivity index (χ4n) is 3.76. The summed E-state index contributed by atoms with van der Waals surface area (Å²) >= 11 is 0. The third kappa shape index (κ3) is 3.23. The van der Waals surface area contributed by atoms with Crippen molar-refractivity contribution in [3.8, 4) is 11.5 Å². The molecule has 1 atom stereocenters. The molecule has 7 nitrogen and oxygen atoms in total. The molecule has 1 aliphatic heterocycles. The van der Waals surface area contributed by atoms with E-state index in [9.17, 15) is 8.42 Å². The summed E-state index contributed by atoms with van der Waals surface area (Å²) in [4.78, 5) is 4.73. The summed E-state index contributed by atoms with van der Waals surface area (Å²) < 4.78 is 31.2. The van der Waals surface area contributed by atoms with Crippen LogP contribution in [0.3, 0.4) is 0 Å². The highest BCUT2D eigenvalue weighted by Gasteiger charge is 2.34. The van der Waals surface area contributed by atoms with Gasteiger partial charge >= 0.3 is 0 Å². The zero-order valence-corrected chi connectivity index (χ0v) is 15.5. The minimum absolute atomic E-state index is 0.129. The molecule has 3 heterocycles. The van der Waals surface area contributed by atoms with E-state index in [0.29, 0.717) is 18.2 Å². The minimum Gasteiger partial charge on any atom is -0.360 e. The molecule has 2 aliphatic rings. The molecule has 0 spiro atoms. The first-order valence-electron chi connectivity index (χ1n) is 9.06. The van der Waals surface area contributed by atoms with Crippen LogP contribution < -0.4 is 0 Å². The molecule has 0 radical (unpaired) electrons. The number of aryl methyl sites for hydroxylation is 1. The molecule has 0 amide bonds. The van der Waals surface area contributed by atoms with E-state index in [-0.39, 0.29) is 17.5 Å². The number of hydrogen-bond acceptors (Lipinski definition) is 6. The molecule has 8 heteroatoms. The predicted octanol–water partition coefficient (Wildman–Crippen LogP) is 2.37. The van der Waals surface area contributed by atoms with Gasteiger partial charge in [0, 0.05) is 18.4 Å². The zero-order chi connectivity index (χ0) is 17.6. The molecule has 1 aliphatic carbocycles. The highest BCUT2D eigenvalue weighted by Crippen LogP contribution is 2.33. The summed E-state index contributed by atoms with van der Waals surface area (Å²) in [6.45, 7) is 4.25. The third-order valence-electron chi connectivity index (χ3n) is 4.98. The average Bonchev–Trinajstić information content (AvgIpc) is 3.22. The molecule has 25 heavy (non-hydrogen) atoms. The van der Waals surface area contributed by atoms with Crippen LogP contribution in [0.25, 0.3) is 11.5 Å². The van der Waals surface area contributed by atoms with E-state index >= 15 is 0 Å². The van der Waals surface area contributed by atoms with E-state index in [2.05, 4.69) is 24.1 Å². The van der Waals surface area contributed by atoms with Gasteiger partial charge in [-0.25, -0.2) is 18.1 Å². The minimum atomic E-state index is -2.99. The van der Waals surface area contributed by atoms with E-state index in [4.69, 9.17) is 9.51 Å². The van der Waals surface area contributed by atoms with Crippen LogP contribution in [-0.4, -0.2) is 39.8 Å². The zero-order valence-electron chi connectivity index (χ0n) is 14.7. The van der Waals surface area contributed by atoms with Gasteiger partial charge in [-0.15, -0.1) is 0 Å². The maximum Gasteiger partial charge on any atom is 0.181 e. The van der Waals surface area contributed by atoms with E-state index in [1.807, 2.05) is 0 Å². The third-order valence-corrected chi connectivity index (χ3v) is 6.73. The van der Waals surface area contributed by atoms with Crippen molar-refractivity contribution in [3.05, 3.63) is 17.1 Å². The Bertz CT molecular complexity index is 882. The largest absolute Gasteiger partial charge is 0.360 e. The van der Waals surface area contributed by atoms with Gasteiger partial charge in [-0.2, -0.15) is 5.10 Å². The van der Waals surface area contributed by atoms with Gasteiger partial charge in [0.05, 0.1) is 17.5 Å². The Hall–Kier alpha value is -1.70. The molecule has 4 rings (SSSR count). The first-order chi connectivity index (χ1) is 11.9. The molecular weight excluding hydrogens is 340 g/mol. The maximum absolute atomic E-state index is 11.9. The molecule has 2 aromatic heterocycles. The number of fused-ring (bicyclic) bond motifs is 1. The van der Waals surface area contributed by atoms with Gasteiger partial charge in [0.15, 0.2) is 27.2 Å². The van der Waals surface area contributed by atoms with Crippen LogP contribution in [0.15, 0.2) is 4.52 Å². The number of nitrogens with zero attached hydrogens (tertiary/aromatic N) is 4. The van der Waals surface area contributed by atoms with E-state index in [0.717, 1.165) is 54.9 Å². The Balaban J connectivity index is 1.78. The fraction of sp³-hybridized carbons (Fsp3) is 0.706. The molecule has 0 N–H and O–H groups in total. The summed E-state index contributed by atoms with van der Waals surface area (Å²) in [5.74, 6) is 3.15. The number of sulfone groups is 1. The molecule has 0 bridgehead atoms. The van der Waals surface area contributed by atoms with Gasteiger partial charge in [0.2, 0.25) is 0 Å². The normalized spacial score (nSPS) is 22.4. The van der Waals surface area contributed by atoms with Crippen LogP contribution in [0.5, 0.6) is 0 Å². The molecule has 0 aromatic carbocycles. The quantitative estimate of drug-likeness (QED) is 0.827. The van der Waals surface area contributed by atoms with Crippen molar-refractivity contribution < 1.29 is 12.9 Å². The molecule has 1 fully saturated rings. The summed E-state index contributed by atoms with van der Waals surface area (Å²) in [5, 5.41) is 8.94. The lowest BCUT2D eigenvalue weighted by atomic mass is 9.96. The van der Waals surface area contributed by atoms with Gasteiger partial charge in [-0.1, -0.05) is 19.0 Å². The second kappa shape index (κ2) is 6.23. The SMILES string of the molecule is CC(C)Cc1nc(-c2noc3c2CCCC3)n([C@H]2CCS(=O)(=O)C2)n1. The first-order valence-corrected chi connectivity index (χ1v) is 10.9. The van der Waals surface area contributed by atoms with Gasteiger partial charge in [-0.3, -0.25) is 0 Å². The number of rotatable bonds is 4. The Morgan fingerprint density at radius 3 is 2.80 bits per heavy atom. The molecule has 1 saturated heterocycles. The van der Waals surface area contributed by atoms with Gasteiger partial charge in [0.1, 0.15) is 5.76 Å². The van der Waals surface area contributed by atoms with Crippen LogP contribution in [-0.2, 0) is 29.1 Å². The van der Waals surface area contributed by atoms with Gasteiger partial charge < -0.3 is 4.52 Å². The van der Waals surface area contributed by atoms with Crippen molar-refractivity contribution >= 4 is 9.84 Å².